The first-order chi connectivity index (χ1) is 13.6. The Labute approximate surface area is 162 Å². The summed E-state index contributed by atoms with van der Waals surface area (Å²) in [7, 11) is 5.98. The molecule has 0 spiro atoms. The van der Waals surface area contributed by atoms with Crippen LogP contribution in [0.2, 0.25) is 0 Å². The van der Waals surface area contributed by atoms with Crippen molar-refractivity contribution in [3.8, 4) is 23.0 Å². The van der Waals surface area contributed by atoms with E-state index in [2.05, 4.69) is 0 Å². The summed E-state index contributed by atoms with van der Waals surface area (Å²) in [6.45, 7) is 0.119. The van der Waals surface area contributed by atoms with Crippen molar-refractivity contribution < 1.29 is 38.0 Å². The largest absolute Gasteiger partial charge is 0.497 e. The Bertz CT molecular complexity index is 796. The third kappa shape index (κ3) is 5.06. The zero-order valence-corrected chi connectivity index (χ0v) is 16.1. The SMILES string of the molecule is COc1cc(COC(=O)C(OC=O)c2ccc(OC)cc2OC)cc(OC)c1. The van der Waals surface area contributed by atoms with Crippen LogP contribution < -0.4 is 18.9 Å². The fraction of sp³-hybridized carbons (Fsp3) is 0.300. The quantitative estimate of drug-likeness (QED) is 0.452. The first-order valence-electron chi connectivity index (χ1n) is 8.25. The third-order valence-electron chi connectivity index (χ3n) is 3.92. The molecule has 0 saturated heterocycles. The molecule has 1 atom stereocenters. The lowest BCUT2D eigenvalue weighted by Crippen LogP contribution is -2.19. The lowest BCUT2D eigenvalue weighted by Gasteiger charge is -2.18. The van der Waals surface area contributed by atoms with Gasteiger partial charge in [-0.1, -0.05) is 0 Å². The maximum atomic E-state index is 12.6. The van der Waals surface area contributed by atoms with Crippen molar-refractivity contribution in [2.45, 2.75) is 12.7 Å². The maximum absolute atomic E-state index is 12.6. The van der Waals surface area contributed by atoms with Crippen LogP contribution in [0.4, 0.5) is 0 Å². The molecule has 2 aromatic rings. The van der Waals surface area contributed by atoms with E-state index in [1.165, 1.54) is 28.4 Å². The number of esters is 1. The monoisotopic (exact) mass is 390 g/mol. The number of methoxy groups -OCH3 is 4. The van der Waals surface area contributed by atoms with Crippen molar-refractivity contribution in [3.63, 3.8) is 0 Å². The van der Waals surface area contributed by atoms with Crippen molar-refractivity contribution in [2.24, 2.45) is 0 Å². The Morgan fingerprint density at radius 1 is 0.893 bits per heavy atom. The normalized spacial score (nSPS) is 11.1. The number of hydrogen-bond acceptors (Lipinski definition) is 8. The summed E-state index contributed by atoms with van der Waals surface area (Å²) < 4.78 is 31.1. The average Bonchev–Trinajstić information content (AvgIpc) is 2.75. The second-order valence-corrected chi connectivity index (χ2v) is 5.55. The van der Waals surface area contributed by atoms with Crippen LogP contribution in [0, 0.1) is 0 Å². The van der Waals surface area contributed by atoms with E-state index in [0.29, 0.717) is 34.1 Å². The Morgan fingerprint density at radius 2 is 1.54 bits per heavy atom. The number of carbonyl (C=O) groups is 2. The van der Waals surface area contributed by atoms with Gasteiger partial charge >= 0.3 is 5.97 Å². The van der Waals surface area contributed by atoms with Crippen LogP contribution in [0.1, 0.15) is 17.2 Å². The average molecular weight is 390 g/mol. The summed E-state index contributed by atoms with van der Waals surface area (Å²) in [6, 6.07) is 9.89. The van der Waals surface area contributed by atoms with Gasteiger partial charge in [0.2, 0.25) is 6.10 Å². The molecule has 0 saturated carbocycles. The molecule has 2 rings (SSSR count). The maximum Gasteiger partial charge on any atom is 0.352 e. The molecule has 0 aliphatic heterocycles. The van der Waals surface area contributed by atoms with Gasteiger partial charge in [-0.15, -0.1) is 0 Å². The van der Waals surface area contributed by atoms with Crippen LogP contribution in [0.3, 0.4) is 0 Å². The molecule has 0 aromatic heterocycles. The van der Waals surface area contributed by atoms with Gasteiger partial charge in [0, 0.05) is 17.7 Å². The summed E-state index contributed by atoms with van der Waals surface area (Å²) >= 11 is 0. The molecule has 0 fully saturated rings. The second-order valence-electron chi connectivity index (χ2n) is 5.55. The first-order valence-corrected chi connectivity index (χ1v) is 8.25. The molecule has 8 heteroatoms. The van der Waals surface area contributed by atoms with Gasteiger partial charge in [0.15, 0.2) is 0 Å². The molecule has 0 amide bonds. The Kier molecular flexibility index (Phi) is 7.50. The predicted molar refractivity (Wildman–Crippen MR) is 98.8 cm³/mol. The van der Waals surface area contributed by atoms with Crippen molar-refractivity contribution in [3.05, 3.63) is 47.5 Å². The van der Waals surface area contributed by atoms with Crippen molar-refractivity contribution >= 4 is 12.4 Å². The highest BCUT2D eigenvalue weighted by atomic mass is 16.6. The molecule has 1 unspecified atom stereocenters. The number of hydrogen-bond donors (Lipinski definition) is 0. The minimum absolute atomic E-state index is 0.0659. The topological polar surface area (TPSA) is 89.5 Å². The molecule has 0 aliphatic rings. The molecule has 2 aromatic carbocycles. The van der Waals surface area contributed by atoms with E-state index in [9.17, 15) is 9.59 Å². The van der Waals surface area contributed by atoms with Crippen LogP contribution >= 0.6 is 0 Å². The second kappa shape index (κ2) is 10.1. The summed E-state index contributed by atoms with van der Waals surface area (Å²) in [5.41, 5.74) is 0.986. The Hall–Kier alpha value is -3.42. The molecule has 0 aliphatic carbocycles. The van der Waals surface area contributed by atoms with Gasteiger partial charge in [-0.25, -0.2) is 4.79 Å². The van der Waals surface area contributed by atoms with E-state index in [0.717, 1.165) is 0 Å². The van der Waals surface area contributed by atoms with Crippen LogP contribution in [0.5, 0.6) is 23.0 Å². The van der Waals surface area contributed by atoms with Crippen LogP contribution in [-0.2, 0) is 25.7 Å². The lowest BCUT2D eigenvalue weighted by molar-refractivity contribution is -0.163. The van der Waals surface area contributed by atoms with E-state index in [-0.39, 0.29) is 13.1 Å². The number of benzene rings is 2. The van der Waals surface area contributed by atoms with E-state index < -0.39 is 12.1 Å². The van der Waals surface area contributed by atoms with Crippen LogP contribution in [0.25, 0.3) is 0 Å². The fourth-order valence-corrected chi connectivity index (χ4v) is 2.53. The van der Waals surface area contributed by atoms with E-state index >= 15 is 0 Å². The molecule has 0 N–H and O–H groups in total. The van der Waals surface area contributed by atoms with Gasteiger partial charge in [0.1, 0.15) is 29.6 Å². The van der Waals surface area contributed by atoms with Gasteiger partial charge in [-0.2, -0.15) is 0 Å². The van der Waals surface area contributed by atoms with Gasteiger partial charge in [-0.3, -0.25) is 4.79 Å². The third-order valence-corrected chi connectivity index (χ3v) is 3.92. The first kappa shape index (κ1) is 20.9. The molecular weight excluding hydrogens is 368 g/mol. The van der Waals surface area contributed by atoms with Crippen molar-refractivity contribution in [2.75, 3.05) is 28.4 Å². The van der Waals surface area contributed by atoms with Crippen LogP contribution in [-0.4, -0.2) is 40.9 Å². The zero-order chi connectivity index (χ0) is 20.5. The standard InChI is InChI=1S/C20H22O8/c1-23-14-5-6-17(18(10-14)26-4)19(28-12-21)20(22)27-11-13-7-15(24-2)9-16(8-13)25-3/h5-10,12,19H,11H2,1-4H3. The molecule has 0 heterocycles. The summed E-state index contributed by atoms with van der Waals surface area (Å²) in [5.74, 6) is 1.22. The molecule has 28 heavy (non-hydrogen) atoms. The summed E-state index contributed by atoms with van der Waals surface area (Å²) in [4.78, 5) is 23.5. The minimum Gasteiger partial charge on any atom is -0.497 e. The van der Waals surface area contributed by atoms with E-state index in [1.54, 1.807) is 36.4 Å². The highest BCUT2D eigenvalue weighted by Gasteiger charge is 2.27. The van der Waals surface area contributed by atoms with E-state index in [1.807, 2.05) is 0 Å². The van der Waals surface area contributed by atoms with E-state index in [4.69, 9.17) is 28.4 Å². The molecular formula is C20H22O8. The highest BCUT2D eigenvalue weighted by molar-refractivity contribution is 5.79. The smallest absolute Gasteiger partial charge is 0.352 e. The van der Waals surface area contributed by atoms with Gasteiger partial charge < -0.3 is 28.4 Å². The Balaban J connectivity index is 2.21. The van der Waals surface area contributed by atoms with Crippen molar-refractivity contribution in [1.29, 1.82) is 0 Å². The molecule has 0 radical (unpaired) electrons. The molecule has 8 nitrogen and oxygen atoms in total. The Morgan fingerprint density at radius 3 is 2.07 bits per heavy atom. The van der Waals surface area contributed by atoms with Gasteiger partial charge in [-0.05, 0) is 29.8 Å². The number of ether oxygens (including phenoxy) is 6. The predicted octanol–water partition coefficient (Wildman–Crippen LogP) is 2.68. The fourth-order valence-electron chi connectivity index (χ4n) is 2.53. The minimum atomic E-state index is -1.29. The van der Waals surface area contributed by atoms with Crippen molar-refractivity contribution in [1.82, 2.24) is 0 Å². The molecule has 150 valence electrons. The summed E-state index contributed by atoms with van der Waals surface area (Å²) in [6.07, 6.45) is -1.29. The van der Waals surface area contributed by atoms with Gasteiger partial charge in [0.05, 0.1) is 28.4 Å². The number of carbonyl (C=O) groups excluding carboxylic acids is 2. The van der Waals surface area contributed by atoms with Gasteiger partial charge in [0.25, 0.3) is 6.47 Å². The summed E-state index contributed by atoms with van der Waals surface area (Å²) in [5, 5.41) is 0. The number of rotatable bonds is 10. The lowest BCUT2D eigenvalue weighted by atomic mass is 10.1. The zero-order valence-electron chi connectivity index (χ0n) is 16.1. The molecule has 0 bridgehead atoms. The van der Waals surface area contributed by atoms with Crippen LogP contribution in [0.15, 0.2) is 36.4 Å². The highest BCUT2D eigenvalue weighted by Crippen LogP contribution is 2.32.